The van der Waals surface area contributed by atoms with Crippen molar-refractivity contribution in [2.45, 2.75) is 25.9 Å². The van der Waals surface area contributed by atoms with Crippen molar-refractivity contribution in [3.05, 3.63) is 22.5 Å². The largest absolute Gasteiger partial charge is 0.354 e. The third kappa shape index (κ3) is 5.60. The molecule has 1 unspecified atom stereocenters. The van der Waals surface area contributed by atoms with E-state index in [0.717, 1.165) is 0 Å². The first-order valence-corrected chi connectivity index (χ1v) is 5.18. The molecule has 1 aromatic rings. The van der Waals surface area contributed by atoms with Crippen LogP contribution in [0.25, 0.3) is 0 Å². The summed E-state index contributed by atoms with van der Waals surface area (Å²) in [7, 11) is 0. The molecule has 1 rings (SSSR count). The highest BCUT2D eigenvalue weighted by Crippen LogP contribution is 2.06. The Morgan fingerprint density at radius 3 is 2.89 bits per heavy atom. The molecule has 0 saturated carbocycles. The summed E-state index contributed by atoms with van der Waals surface area (Å²) >= 11 is 0. The van der Waals surface area contributed by atoms with Gasteiger partial charge in [0, 0.05) is 19.0 Å². The molecule has 9 heteroatoms. The zero-order valence-electron chi connectivity index (χ0n) is 9.91. The van der Waals surface area contributed by atoms with E-state index in [1.165, 1.54) is 17.1 Å². The molecule has 0 aromatic carbocycles. The summed E-state index contributed by atoms with van der Waals surface area (Å²) in [5, 5.41) is 16.8. The van der Waals surface area contributed by atoms with Crippen molar-refractivity contribution in [2.75, 3.05) is 6.54 Å². The smallest absolute Gasteiger partial charge is 0.306 e. The van der Waals surface area contributed by atoms with Gasteiger partial charge in [0.1, 0.15) is 12.4 Å². The maximum absolute atomic E-state index is 11.2. The fourth-order valence-electron chi connectivity index (χ4n) is 1.24. The number of hydrogen-bond donors (Lipinski definition) is 2. The van der Waals surface area contributed by atoms with E-state index < -0.39 is 4.92 Å². The Morgan fingerprint density at radius 2 is 2.39 bits per heavy atom. The maximum atomic E-state index is 11.2. The molecule has 1 atom stereocenters. The Labute approximate surface area is 110 Å². The Bertz CT molecular complexity index is 407. The number of halogens is 1. The molecule has 0 aliphatic heterocycles. The second-order valence-corrected chi connectivity index (χ2v) is 3.75. The highest BCUT2D eigenvalue weighted by molar-refractivity contribution is 5.85. The molecule has 8 nitrogen and oxygen atoms in total. The van der Waals surface area contributed by atoms with Crippen LogP contribution in [0.3, 0.4) is 0 Å². The van der Waals surface area contributed by atoms with Gasteiger partial charge in [-0.15, -0.1) is 12.4 Å². The second kappa shape index (κ2) is 7.62. The molecule has 0 aliphatic rings. The summed E-state index contributed by atoms with van der Waals surface area (Å²) in [6.45, 7) is 2.50. The number of hydrogen-bond acceptors (Lipinski definition) is 5. The van der Waals surface area contributed by atoms with Gasteiger partial charge < -0.3 is 11.1 Å². The molecule has 0 aliphatic carbocycles. The minimum atomic E-state index is -0.516. The standard InChI is InChI=1S/C9H15N5O3.ClH/c1-7(10)4-9(15)11-2-3-13-6-8(5-12-13)14(16)17;/h5-7H,2-4,10H2,1H3,(H,11,15);1H. The van der Waals surface area contributed by atoms with Crippen LogP contribution in [0.4, 0.5) is 5.69 Å². The van der Waals surface area contributed by atoms with Gasteiger partial charge in [0.05, 0.1) is 11.5 Å². The van der Waals surface area contributed by atoms with Crippen LogP contribution in [-0.2, 0) is 11.3 Å². The van der Waals surface area contributed by atoms with E-state index in [-0.39, 0.29) is 36.5 Å². The fraction of sp³-hybridized carbons (Fsp3) is 0.556. The molecule has 1 aromatic heterocycles. The Morgan fingerprint density at radius 1 is 1.72 bits per heavy atom. The molecule has 0 spiro atoms. The maximum Gasteiger partial charge on any atom is 0.306 e. The van der Waals surface area contributed by atoms with E-state index in [1.54, 1.807) is 6.92 Å². The third-order valence-corrected chi connectivity index (χ3v) is 2.00. The van der Waals surface area contributed by atoms with E-state index in [0.29, 0.717) is 13.1 Å². The molecule has 102 valence electrons. The zero-order chi connectivity index (χ0) is 12.8. The number of carbonyl (C=O) groups excluding carboxylic acids is 1. The number of nitrogens with one attached hydrogen (secondary N) is 1. The minimum absolute atomic E-state index is 0. The predicted octanol–water partition coefficient (Wildman–Crippen LogP) is 0.0666. The van der Waals surface area contributed by atoms with Gasteiger partial charge >= 0.3 is 5.69 Å². The van der Waals surface area contributed by atoms with Gasteiger partial charge in [-0.25, -0.2) is 0 Å². The topological polar surface area (TPSA) is 116 Å². The van der Waals surface area contributed by atoms with E-state index in [4.69, 9.17) is 5.73 Å². The first-order chi connectivity index (χ1) is 7.99. The van der Waals surface area contributed by atoms with Crippen LogP contribution in [0.2, 0.25) is 0 Å². The van der Waals surface area contributed by atoms with Gasteiger partial charge in [-0.3, -0.25) is 19.6 Å². The molecule has 1 amide bonds. The van der Waals surface area contributed by atoms with Crippen molar-refractivity contribution in [1.82, 2.24) is 15.1 Å². The third-order valence-electron chi connectivity index (χ3n) is 2.00. The summed E-state index contributed by atoms with van der Waals surface area (Å²) in [4.78, 5) is 21.1. The van der Waals surface area contributed by atoms with Gasteiger partial charge in [0.25, 0.3) is 0 Å². The fourth-order valence-corrected chi connectivity index (χ4v) is 1.24. The summed E-state index contributed by atoms with van der Waals surface area (Å²) in [6, 6.07) is -0.180. The second-order valence-electron chi connectivity index (χ2n) is 3.75. The summed E-state index contributed by atoms with van der Waals surface area (Å²) in [6.07, 6.45) is 2.75. The first-order valence-electron chi connectivity index (χ1n) is 5.18. The van der Waals surface area contributed by atoms with Crippen LogP contribution in [0.15, 0.2) is 12.4 Å². The van der Waals surface area contributed by atoms with Crippen LogP contribution in [0.5, 0.6) is 0 Å². The van der Waals surface area contributed by atoms with Crippen molar-refractivity contribution < 1.29 is 9.72 Å². The average molecular weight is 278 g/mol. The van der Waals surface area contributed by atoms with Crippen molar-refractivity contribution >= 4 is 24.0 Å². The highest BCUT2D eigenvalue weighted by Gasteiger charge is 2.09. The normalized spacial score (nSPS) is 11.4. The van der Waals surface area contributed by atoms with Gasteiger partial charge in [0.2, 0.25) is 5.91 Å². The Hall–Kier alpha value is -1.67. The molecule has 18 heavy (non-hydrogen) atoms. The number of rotatable bonds is 6. The minimum Gasteiger partial charge on any atom is -0.354 e. The molecule has 0 radical (unpaired) electrons. The van der Waals surface area contributed by atoms with Crippen molar-refractivity contribution in [2.24, 2.45) is 5.73 Å². The Balaban J connectivity index is 0.00000289. The van der Waals surface area contributed by atoms with Gasteiger partial charge in [0.15, 0.2) is 0 Å². The van der Waals surface area contributed by atoms with E-state index in [1.807, 2.05) is 0 Å². The molecular formula is C9H16ClN5O3. The van der Waals surface area contributed by atoms with Gasteiger partial charge in [-0.2, -0.15) is 5.10 Å². The van der Waals surface area contributed by atoms with E-state index in [2.05, 4.69) is 10.4 Å². The quantitative estimate of drug-likeness (QED) is 0.564. The lowest BCUT2D eigenvalue weighted by Crippen LogP contribution is -2.32. The van der Waals surface area contributed by atoms with Crippen LogP contribution >= 0.6 is 12.4 Å². The molecule has 0 bridgehead atoms. The predicted molar refractivity (Wildman–Crippen MR) is 67.4 cm³/mol. The number of aromatic nitrogens is 2. The molecule has 0 fully saturated rings. The Kier molecular flexibility index (Phi) is 6.91. The lowest BCUT2D eigenvalue weighted by molar-refractivity contribution is -0.385. The summed E-state index contributed by atoms with van der Waals surface area (Å²) in [5.74, 6) is -0.137. The van der Waals surface area contributed by atoms with Crippen molar-refractivity contribution in [1.29, 1.82) is 0 Å². The monoisotopic (exact) mass is 277 g/mol. The number of nitro groups is 1. The van der Waals surface area contributed by atoms with E-state index >= 15 is 0 Å². The van der Waals surface area contributed by atoms with E-state index in [9.17, 15) is 14.9 Å². The zero-order valence-corrected chi connectivity index (χ0v) is 10.7. The van der Waals surface area contributed by atoms with Crippen LogP contribution in [0.1, 0.15) is 13.3 Å². The number of amides is 1. The molecule has 1 heterocycles. The SMILES string of the molecule is CC(N)CC(=O)NCCn1cc([N+](=O)[O-])cn1.Cl. The van der Waals surface area contributed by atoms with Crippen molar-refractivity contribution in [3.63, 3.8) is 0 Å². The highest BCUT2D eigenvalue weighted by atomic mass is 35.5. The van der Waals surface area contributed by atoms with Gasteiger partial charge in [-0.1, -0.05) is 0 Å². The van der Waals surface area contributed by atoms with Crippen molar-refractivity contribution in [3.8, 4) is 0 Å². The van der Waals surface area contributed by atoms with Crippen LogP contribution in [-0.4, -0.2) is 33.2 Å². The average Bonchev–Trinajstić information content (AvgIpc) is 2.65. The molecular weight excluding hydrogens is 262 g/mol. The number of carbonyl (C=O) groups is 1. The lowest BCUT2D eigenvalue weighted by Gasteiger charge is -2.06. The van der Waals surface area contributed by atoms with Gasteiger partial charge in [-0.05, 0) is 6.92 Å². The number of nitrogens with zero attached hydrogens (tertiary/aromatic N) is 3. The molecule has 0 saturated heterocycles. The molecule has 3 N–H and O–H groups in total. The van der Waals surface area contributed by atoms with Crippen LogP contribution < -0.4 is 11.1 Å². The lowest BCUT2D eigenvalue weighted by atomic mass is 10.2. The first kappa shape index (κ1) is 16.3. The summed E-state index contributed by atoms with van der Waals surface area (Å²) < 4.78 is 1.41. The van der Waals surface area contributed by atoms with Crippen LogP contribution in [0, 0.1) is 10.1 Å². The number of nitrogens with two attached hydrogens (primary N) is 1. The summed E-state index contributed by atoms with van der Waals surface area (Å²) in [5.41, 5.74) is 5.40.